The first-order valence-corrected chi connectivity index (χ1v) is 12.0. The molecule has 0 fully saturated rings. The number of benzene rings is 2. The van der Waals surface area contributed by atoms with Crippen LogP contribution in [-0.2, 0) is 0 Å². The predicted molar refractivity (Wildman–Crippen MR) is 130 cm³/mol. The fourth-order valence-corrected chi connectivity index (χ4v) is 4.55. The fraction of sp³-hybridized carbons (Fsp3) is 0.333. The van der Waals surface area contributed by atoms with Crippen molar-refractivity contribution in [2.45, 2.75) is 50.5 Å². The molecule has 2 aromatic carbocycles. The van der Waals surface area contributed by atoms with E-state index in [9.17, 15) is 5.26 Å². The van der Waals surface area contributed by atoms with Crippen molar-refractivity contribution in [3.63, 3.8) is 0 Å². The monoisotopic (exact) mass is 430 g/mol. The van der Waals surface area contributed by atoms with Crippen LogP contribution in [0.2, 0.25) is 0 Å². The lowest BCUT2D eigenvalue weighted by Gasteiger charge is -2.13. The molecular weight excluding hydrogens is 400 g/mol. The Labute approximate surface area is 190 Å². The van der Waals surface area contributed by atoms with E-state index in [0.717, 1.165) is 45.3 Å². The summed E-state index contributed by atoms with van der Waals surface area (Å²) in [4.78, 5) is 4.90. The van der Waals surface area contributed by atoms with Gasteiger partial charge < -0.3 is 4.74 Å². The Morgan fingerprint density at radius 3 is 2.29 bits per heavy atom. The molecule has 3 nitrogen and oxygen atoms in total. The van der Waals surface area contributed by atoms with Gasteiger partial charge in [-0.1, -0.05) is 69.4 Å². The van der Waals surface area contributed by atoms with Gasteiger partial charge in [0, 0.05) is 11.1 Å². The first-order valence-electron chi connectivity index (χ1n) is 11.0. The molecule has 0 aliphatic rings. The number of methoxy groups -OCH3 is 1. The number of nitrogens with zero attached hydrogens (tertiary/aromatic N) is 2. The summed E-state index contributed by atoms with van der Waals surface area (Å²) >= 11 is 1.70. The van der Waals surface area contributed by atoms with Gasteiger partial charge in [-0.15, -0.1) is 11.8 Å². The largest absolute Gasteiger partial charge is 0.497 e. The zero-order chi connectivity index (χ0) is 21.9. The van der Waals surface area contributed by atoms with Gasteiger partial charge in [0.05, 0.1) is 18.4 Å². The molecule has 0 aliphatic heterocycles. The minimum atomic E-state index is 0.666. The third-order valence-electron chi connectivity index (χ3n) is 5.31. The third-order valence-corrected chi connectivity index (χ3v) is 6.37. The lowest BCUT2D eigenvalue weighted by Crippen LogP contribution is -1.97. The minimum Gasteiger partial charge on any atom is -0.497 e. The SMILES string of the molecule is CCCCCCCCSc1nc(-c2ccc(OC)cc2)cc(-c2ccccc2)c1C#N. The van der Waals surface area contributed by atoms with Crippen LogP contribution >= 0.6 is 11.8 Å². The summed E-state index contributed by atoms with van der Waals surface area (Å²) in [6.45, 7) is 2.24. The summed E-state index contributed by atoms with van der Waals surface area (Å²) in [5.74, 6) is 1.80. The lowest BCUT2D eigenvalue weighted by molar-refractivity contribution is 0.415. The molecule has 3 aromatic rings. The number of aromatic nitrogens is 1. The second-order valence-electron chi connectivity index (χ2n) is 7.56. The van der Waals surface area contributed by atoms with Gasteiger partial charge in [0.15, 0.2) is 0 Å². The summed E-state index contributed by atoms with van der Waals surface area (Å²) < 4.78 is 5.29. The Morgan fingerprint density at radius 2 is 1.61 bits per heavy atom. The van der Waals surface area contributed by atoms with Crippen molar-refractivity contribution >= 4 is 11.8 Å². The normalized spacial score (nSPS) is 10.6. The molecule has 0 amide bonds. The predicted octanol–water partition coefficient (Wildman–Crippen LogP) is 7.75. The molecule has 0 bridgehead atoms. The second-order valence-corrected chi connectivity index (χ2v) is 8.64. The van der Waals surface area contributed by atoms with Crippen LogP contribution in [0.3, 0.4) is 0 Å². The Balaban J connectivity index is 1.89. The molecule has 160 valence electrons. The molecule has 1 aromatic heterocycles. The smallest absolute Gasteiger partial charge is 0.118 e. The van der Waals surface area contributed by atoms with Crippen molar-refractivity contribution in [3.8, 4) is 34.2 Å². The highest BCUT2D eigenvalue weighted by atomic mass is 32.2. The van der Waals surface area contributed by atoms with E-state index in [1.807, 2.05) is 48.5 Å². The quantitative estimate of drug-likeness (QED) is 0.230. The van der Waals surface area contributed by atoms with Crippen molar-refractivity contribution in [1.82, 2.24) is 4.98 Å². The van der Waals surface area contributed by atoms with Crippen molar-refractivity contribution in [2.75, 3.05) is 12.9 Å². The Morgan fingerprint density at radius 1 is 0.903 bits per heavy atom. The van der Waals surface area contributed by atoms with Gasteiger partial charge >= 0.3 is 0 Å². The van der Waals surface area contributed by atoms with Crippen LogP contribution in [0.5, 0.6) is 5.75 Å². The van der Waals surface area contributed by atoms with Gasteiger partial charge in [-0.05, 0) is 48.1 Å². The van der Waals surface area contributed by atoms with Crippen LogP contribution in [0.1, 0.15) is 51.0 Å². The van der Waals surface area contributed by atoms with Crippen molar-refractivity contribution in [1.29, 1.82) is 5.26 Å². The second kappa shape index (κ2) is 12.2. The summed E-state index contributed by atoms with van der Waals surface area (Å²) in [5, 5.41) is 10.8. The van der Waals surface area contributed by atoms with Crippen LogP contribution in [0.15, 0.2) is 65.7 Å². The topological polar surface area (TPSA) is 45.9 Å². The van der Waals surface area contributed by atoms with Crippen LogP contribution < -0.4 is 4.74 Å². The highest BCUT2D eigenvalue weighted by Crippen LogP contribution is 2.35. The molecule has 0 saturated heterocycles. The average molecular weight is 431 g/mol. The standard InChI is InChI=1S/C27H30N2OS/c1-3-4-5-6-7-11-18-31-27-25(20-28)24(21-12-9-8-10-13-21)19-26(29-27)22-14-16-23(30-2)17-15-22/h8-10,12-17,19H,3-7,11,18H2,1-2H3. The number of hydrogen-bond acceptors (Lipinski definition) is 4. The van der Waals surface area contributed by atoms with E-state index in [2.05, 4.69) is 25.1 Å². The zero-order valence-corrected chi connectivity index (χ0v) is 19.3. The first-order chi connectivity index (χ1) is 15.3. The van der Waals surface area contributed by atoms with E-state index in [4.69, 9.17) is 9.72 Å². The summed E-state index contributed by atoms with van der Waals surface area (Å²) in [6, 6.07) is 22.5. The third kappa shape index (κ3) is 6.35. The summed E-state index contributed by atoms with van der Waals surface area (Å²) in [6.07, 6.45) is 7.57. The van der Waals surface area contributed by atoms with Gasteiger partial charge in [0.25, 0.3) is 0 Å². The number of unbranched alkanes of at least 4 members (excludes halogenated alkanes) is 5. The van der Waals surface area contributed by atoms with Crippen molar-refractivity contribution in [2.24, 2.45) is 0 Å². The maximum atomic E-state index is 9.97. The minimum absolute atomic E-state index is 0.666. The molecule has 0 saturated carbocycles. The molecule has 0 spiro atoms. The zero-order valence-electron chi connectivity index (χ0n) is 18.4. The van der Waals surface area contributed by atoms with Gasteiger partial charge in [-0.3, -0.25) is 0 Å². The van der Waals surface area contributed by atoms with Crippen molar-refractivity contribution < 1.29 is 4.74 Å². The van der Waals surface area contributed by atoms with E-state index in [1.165, 1.54) is 32.1 Å². The first kappa shape index (κ1) is 22.9. The molecule has 0 N–H and O–H groups in total. The fourth-order valence-electron chi connectivity index (χ4n) is 3.54. The summed E-state index contributed by atoms with van der Waals surface area (Å²) in [7, 11) is 1.67. The molecular formula is C27H30N2OS. The molecule has 0 unspecified atom stereocenters. The van der Waals surface area contributed by atoms with Crippen LogP contribution in [0.4, 0.5) is 0 Å². The number of pyridine rings is 1. The van der Waals surface area contributed by atoms with E-state index in [-0.39, 0.29) is 0 Å². The number of ether oxygens (including phenoxy) is 1. The lowest BCUT2D eigenvalue weighted by atomic mass is 9.99. The maximum absolute atomic E-state index is 9.97. The van der Waals surface area contributed by atoms with E-state index >= 15 is 0 Å². The molecule has 0 atom stereocenters. The Hall–Kier alpha value is -2.77. The molecule has 1 heterocycles. The van der Waals surface area contributed by atoms with Gasteiger partial charge in [0.1, 0.15) is 16.8 Å². The van der Waals surface area contributed by atoms with Crippen LogP contribution in [-0.4, -0.2) is 17.8 Å². The van der Waals surface area contributed by atoms with E-state index < -0.39 is 0 Å². The highest BCUT2D eigenvalue weighted by molar-refractivity contribution is 7.99. The Bertz CT molecular complexity index is 994. The summed E-state index contributed by atoms with van der Waals surface area (Å²) in [5.41, 5.74) is 4.54. The van der Waals surface area contributed by atoms with Gasteiger partial charge in [-0.2, -0.15) is 5.26 Å². The van der Waals surface area contributed by atoms with Crippen LogP contribution in [0.25, 0.3) is 22.4 Å². The number of rotatable bonds is 11. The maximum Gasteiger partial charge on any atom is 0.118 e. The molecule has 0 radical (unpaired) electrons. The molecule has 31 heavy (non-hydrogen) atoms. The highest BCUT2D eigenvalue weighted by Gasteiger charge is 2.15. The van der Waals surface area contributed by atoms with Crippen LogP contribution in [0, 0.1) is 11.3 Å². The molecule has 4 heteroatoms. The van der Waals surface area contributed by atoms with Crippen molar-refractivity contribution in [3.05, 3.63) is 66.2 Å². The van der Waals surface area contributed by atoms with Gasteiger partial charge in [0.2, 0.25) is 0 Å². The number of hydrogen-bond donors (Lipinski definition) is 0. The Kier molecular flexibility index (Phi) is 8.99. The number of nitriles is 1. The molecule has 3 rings (SSSR count). The average Bonchev–Trinajstić information content (AvgIpc) is 2.83. The molecule has 0 aliphatic carbocycles. The number of thioether (sulfide) groups is 1. The van der Waals surface area contributed by atoms with E-state index in [0.29, 0.717) is 5.56 Å². The van der Waals surface area contributed by atoms with Gasteiger partial charge in [-0.25, -0.2) is 4.98 Å². The van der Waals surface area contributed by atoms with E-state index in [1.54, 1.807) is 18.9 Å².